The van der Waals surface area contributed by atoms with E-state index in [9.17, 15) is 18.0 Å². The van der Waals surface area contributed by atoms with E-state index in [0.29, 0.717) is 5.69 Å². The standard InChI is InChI=1S/C18H19ClF3N3O/c1-17(2,3)25-12-6-4-11(5-7-12)23-16(26)24-13-8-9-15(19)14(10-13)18(20,21)22/h4-10,25H,1-3H3,(H2,23,24,26). The molecule has 0 fully saturated rings. The van der Waals surface area contributed by atoms with Crippen molar-refractivity contribution in [3.63, 3.8) is 0 Å². The maximum absolute atomic E-state index is 12.8. The molecule has 0 saturated carbocycles. The van der Waals surface area contributed by atoms with Crippen molar-refractivity contribution in [3.8, 4) is 0 Å². The molecule has 26 heavy (non-hydrogen) atoms. The van der Waals surface area contributed by atoms with Crippen LogP contribution in [0, 0.1) is 0 Å². The number of anilines is 3. The SMILES string of the molecule is CC(C)(C)Nc1ccc(NC(=O)Nc2ccc(Cl)c(C(F)(F)F)c2)cc1. The van der Waals surface area contributed by atoms with Crippen LogP contribution in [-0.4, -0.2) is 11.6 Å². The third kappa shape index (κ3) is 5.84. The summed E-state index contributed by atoms with van der Waals surface area (Å²) < 4.78 is 38.5. The van der Waals surface area contributed by atoms with Gasteiger partial charge in [0.05, 0.1) is 10.6 Å². The summed E-state index contributed by atoms with van der Waals surface area (Å²) in [5, 5.41) is 7.77. The zero-order valence-electron chi connectivity index (χ0n) is 14.5. The van der Waals surface area contributed by atoms with Crippen molar-refractivity contribution in [1.29, 1.82) is 0 Å². The first kappa shape index (κ1) is 19.9. The van der Waals surface area contributed by atoms with Gasteiger partial charge in [-0.3, -0.25) is 0 Å². The maximum atomic E-state index is 12.8. The number of carbonyl (C=O) groups is 1. The molecule has 0 aromatic heterocycles. The molecule has 0 aliphatic carbocycles. The summed E-state index contributed by atoms with van der Waals surface area (Å²) in [7, 11) is 0. The second kappa shape index (κ2) is 7.45. The minimum absolute atomic E-state index is 0.00903. The number of carbonyl (C=O) groups excluding carboxylic acids is 1. The third-order valence-corrected chi connectivity index (χ3v) is 3.52. The third-order valence-electron chi connectivity index (χ3n) is 3.19. The van der Waals surface area contributed by atoms with Crippen LogP contribution >= 0.6 is 11.6 Å². The Morgan fingerprint density at radius 2 is 1.38 bits per heavy atom. The molecule has 4 nitrogen and oxygen atoms in total. The van der Waals surface area contributed by atoms with Crippen molar-refractivity contribution in [1.82, 2.24) is 0 Å². The second-order valence-electron chi connectivity index (χ2n) is 6.72. The van der Waals surface area contributed by atoms with E-state index in [4.69, 9.17) is 11.6 Å². The van der Waals surface area contributed by atoms with Gasteiger partial charge in [0.2, 0.25) is 0 Å². The summed E-state index contributed by atoms with van der Waals surface area (Å²) in [4.78, 5) is 12.0. The van der Waals surface area contributed by atoms with Gasteiger partial charge in [-0.05, 0) is 63.2 Å². The van der Waals surface area contributed by atoms with Gasteiger partial charge in [0.15, 0.2) is 0 Å². The van der Waals surface area contributed by atoms with Crippen LogP contribution in [0.1, 0.15) is 26.3 Å². The Morgan fingerprint density at radius 1 is 0.885 bits per heavy atom. The summed E-state index contributed by atoms with van der Waals surface area (Å²) in [6, 6.07) is 9.50. The fourth-order valence-electron chi connectivity index (χ4n) is 2.18. The molecule has 0 radical (unpaired) electrons. The van der Waals surface area contributed by atoms with Gasteiger partial charge in [-0.2, -0.15) is 13.2 Å². The predicted molar refractivity (Wildman–Crippen MR) is 98.9 cm³/mol. The lowest BCUT2D eigenvalue weighted by Gasteiger charge is -2.22. The fourth-order valence-corrected chi connectivity index (χ4v) is 2.41. The van der Waals surface area contributed by atoms with Gasteiger partial charge < -0.3 is 16.0 Å². The fraction of sp³-hybridized carbons (Fsp3) is 0.278. The zero-order valence-corrected chi connectivity index (χ0v) is 15.2. The quantitative estimate of drug-likeness (QED) is 0.588. The van der Waals surface area contributed by atoms with Gasteiger partial charge in [0, 0.05) is 22.6 Å². The number of rotatable bonds is 3. The first-order chi connectivity index (χ1) is 11.9. The number of hydrogen-bond acceptors (Lipinski definition) is 2. The van der Waals surface area contributed by atoms with E-state index in [2.05, 4.69) is 16.0 Å². The highest BCUT2D eigenvalue weighted by Crippen LogP contribution is 2.36. The highest BCUT2D eigenvalue weighted by Gasteiger charge is 2.33. The Bertz CT molecular complexity index is 784. The summed E-state index contributed by atoms with van der Waals surface area (Å²) in [6.45, 7) is 6.07. The zero-order chi connectivity index (χ0) is 19.5. The Morgan fingerprint density at radius 3 is 1.92 bits per heavy atom. The van der Waals surface area contributed by atoms with Gasteiger partial charge in [0.1, 0.15) is 0 Å². The largest absolute Gasteiger partial charge is 0.417 e. The molecule has 2 rings (SSSR count). The van der Waals surface area contributed by atoms with Gasteiger partial charge in [-0.15, -0.1) is 0 Å². The van der Waals surface area contributed by atoms with Gasteiger partial charge in [-0.25, -0.2) is 4.79 Å². The molecule has 0 saturated heterocycles. The van der Waals surface area contributed by atoms with E-state index >= 15 is 0 Å². The molecule has 0 spiro atoms. The van der Waals surface area contributed by atoms with E-state index in [1.165, 1.54) is 6.07 Å². The summed E-state index contributed by atoms with van der Waals surface area (Å²) in [5.74, 6) is 0. The molecule has 3 N–H and O–H groups in total. The Balaban J connectivity index is 2.03. The van der Waals surface area contributed by atoms with Crippen molar-refractivity contribution in [2.45, 2.75) is 32.5 Å². The first-order valence-corrected chi connectivity index (χ1v) is 8.15. The predicted octanol–water partition coefficient (Wildman–Crippen LogP) is 6.21. The summed E-state index contributed by atoms with van der Waals surface area (Å²) in [5.41, 5.74) is 0.277. The number of nitrogens with one attached hydrogen (secondary N) is 3. The van der Waals surface area contributed by atoms with E-state index in [1.54, 1.807) is 24.3 Å². The van der Waals surface area contributed by atoms with Crippen LogP contribution in [0.15, 0.2) is 42.5 Å². The minimum atomic E-state index is -4.60. The molecule has 0 aliphatic heterocycles. The number of amides is 2. The Kier molecular flexibility index (Phi) is 5.71. The molecule has 8 heteroatoms. The number of urea groups is 1. The smallest absolute Gasteiger partial charge is 0.380 e. The summed E-state index contributed by atoms with van der Waals surface area (Å²) >= 11 is 5.55. The van der Waals surface area contributed by atoms with E-state index in [1.807, 2.05) is 20.8 Å². The van der Waals surface area contributed by atoms with Crippen LogP contribution in [0.2, 0.25) is 5.02 Å². The lowest BCUT2D eigenvalue weighted by Crippen LogP contribution is -2.26. The van der Waals surface area contributed by atoms with Crippen molar-refractivity contribution in [2.75, 3.05) is 16.0 Å². The topological polar surface area (TPSA) is 53.2 Å². The average Bonchev–Trinajstić information content (AvgIpc) is 2.48. The number of alkyl halides is 3. The van der Waals surface area contributed by atoms with Crippen molar-refractivity contribution in [2.24, 2.45) is 0 Å². The van der Waals surface area contributed by atoms with Crippen molar-refractivity contribution in [3.05, 3.63) is 53.1 Å². The molecule has 140 valence electrons. The highest BCUT2D eigenvalue weighted by molar-refractivity contribution is 6.31. The second-order valence-corrected chi connectivity index (χ2v) is 7.13. The van der Waals surface area contributed by atoms with Crippen LogP contribution in [-0.2, 0) is 6.18 Å². The highest BCUT2D eigenvalue weighted by atomic mass is 35.5. The molecule has 0 aliphatic rings. The molecule has 0 bridgehead atoms. The summed E-state index contributed by atoms with van der Waals surface area (Å²) in [6.07, 6.45) is -4.60. The molecule has 0 unspecified atom stereocenters. The lowest BCUT2D eigenvalue weighted by atomic mass is 10.1. The number of hydrogen-bond donors (Lipinski definition) is 3. The Labute approximate surface area is 154 Å². The van der Waals surface area contributed by atoms with E-state index in [-0.39, 0.29) is 11.2 Å². The number of halogens is 4. The van der Waals surface area contributed by atoms with Gasteiger partial charge >= 0.3 is 12.2 Å². The van der Waals surface area contributed by atoms with Crippen molar-refractivity contribution >= 4 is 34.7 Å². The van der Waals surface area contributed by atoms with Crippen LogP contribution in [0.25, 0.3) is 0 Å². The van der Waals surface area contributed by atoms with Crippen LogP contribution in [0.3, 0.4) is 0 Å². The monoisotopic (exact) mass is 385 g/mol. The lowest BCUT2D eigenvalue weighted by molar-refractivity contribution is -0.137. The normalized spacial score (nSPS) is 11.8. The average molecular weight is 386 g/mol. The van der Waals surface area contributed by atoms with Crippen molar-refractivity contribution < 1.29 is 18.0 Å². The molecule has 2 amide bonds. The van der Waals surface area contributed by atoms with Crippen LogP contribution in [0.5, 0.6) is 0 Å². The van der Waals surface area contributed by atoms with Crippen LogP contribution < -0.4 is 16.0 Å². The first-order valence-electron chi connectivity index (χ1n) is 7.77. The maximum Gasteiger partial charge on any atom is 0.417 e. The number of benzene rings is 2. The minimum Gasteiger partial charge on any atom is -0.380 e. The molecule has 2 aromatic carbocycles. The molecule has 2 aromatic rings. The molecular weight excluding hydrogens is 367 g/mol. The molecular formula is C18H19ClF3N3O. The van der Waals surface area contributed by atoms with Gasteiger partial charge in [0.25, 0.3) is 0 Å². The van der Waals surface area contributed by atoms with E-state index < -0.39 is 22.8 Å². The molecule has 0 heterocycles. The van der Waals surface area contributed by atoms with Gasteiger partial charge in [-0.1, -0.05) is 11.6 Å². The molecule has 0 atom stereocenters. The Hall–Kier alpha value is -2.41. The van der Waals surface area contributed by atoms with Crippen LogP contribution in [0.4, 0.5) is 35.0 Å². The van der Waals surface area contributed by atoms with E-state index in [0.717, 1.165) is 17.8 Å².